The lowest BCUT2D eigenvalue weighted by Crippen LogP contribution is -2.39. The van der Waals surface area contributed by atoms with Gasteiger partial charge in [0.2, 0.25) is 0 Å². The SMILES string of the molecule is Cc1cccc(C)c1C(=O)N(C(=O)c1c(C)cccc1C)c1nc(-c2ccccn2)cc2ccccc12. The Morgan fingerprint density at radius 1 is 0.622 bits per heavy atom. The predicted molar refractivity (Wildman–Crippen MR) is 148 cm³/mol. The van der Waals surface area contributed by atoms with Gasteiger partial charge in [-0.15, -0.1) is 0 Å². The first-order valence-corrected chi connectivity index (χ1v) is 12.2. The van der Waals surface area contributed by atoms with Crippen LogP contribution >= 0.6 is 0 Å². The fraction of sp³-hybridized carbons (Fsp3) is 0.125. The van der Waals surface area contributed by atoms with Crippen molar-refractivity contribution >= 4 is 28.4 Å². The Labute approximate surface area is 216 Å². The lowest BCUT2D eigenvalue weighted by Gasteiger charge is -2.25. The first kappa shape index (κ1) is 24.1. The first-order chi connectivity index (χ1) is 17.9. The zero-order chi connectivity index (χ0) is 26.1. The summed E-state index contributed by atoms with van der Waals surface area (Å²) < 4.78 is 0. The number of rotatable bonds is 4. The van der Waals surface area contributed by atoms with Crippen molar-refractivity contribution in [3.63, 3.8) is 0 Å². The lowest BCUT2D eigenvalue weighted by atomic mass is 9.98. The molecule has 0 N–H and O–H groups in total. The number of aromatic nitrogens is 2. The molecule has 0 aliphatic carbocycles. The van der Waals surface area contributed by atoms with E-state index >= 15 is 0 Å². The molecule has 5 rings (SSSR count). The average Bonchev–Trinajstić information content (AvgIpc) is 2.89. The Morgan fingerprint density at radius 3 is 1.70 bits per heavy atom. The number of benzene rings is 3. The fourth-order valence-electron chi connectivity index (χ4n) is 4.81. The van der Waals surface area contributed by atoms with Crippen LogP contribution in [-0.2, 0) is 0 Å². The van der Waals surface area contributed by atoms with Crippen LogP contribution in [0.2, 0.25) is 0 Å². The standard InChI is InChI=1S/C32H27N3O2/c1-20-11-9-12-21(2)28(20)31(36)35(32(37)29-22(3)13-10-14-23(29)4)30-25-16-6-5-15-24(25)19-27(34-30)26-17-7-8-18-33-26/h5-19H,1-4H3. The summed E-state index contributed by atoms with van der Waals surface area (Å²) in [5, 5.41) is 1.57. The summed E-state index contributed by atoms with van der Waals surface area (Å²) in [7, 11) is 0. The number of carbonyl (C=O) groups is 2. The molecule has 0 atom stereocenters. The van der Waals surface area contributed by atoms with Crippen LogP contribution in [0.3, 0.4) is 0 Å². The molecule has 0 saturated carbocycles. The second-order valence-electron chi connectivity index (χ2n) is 9.25. The number of fused-ring (bicyclic) bond motifs is 1. The van der Waals surface area contributed by atoms with Gasteiger partial charge in [0.1, 0.15) is 0 Å². The van der Waals surface area contributed by atoms with Crippen molar-refractivity contribution in [1.29, 1.82) is 0 Å². The maximum Gasteiger partial charge on any atom is 0.267 e. The third-order valence-corrected chi connectivity index (χ3v) is 6.66. The molecule has 0 aliphatic heterocycles. The van der Waals surface area contributed by atoms with Gasteiger partial charge in [-0.25, -0.2) is 9.88 Å². The van der Waals surface area contributed by atoms with Crippen LogP contribution in [-0.4, -0.2) is 21.8 Å². The summed E-state index contributed by atoms with van der Waals surface area (Å²) in [5.74, 6) is -0.516. The van der Waals surface area contributed by atoms with E-state index < -0.39 is 11.8 Å². The molecule has 0 spiro atoms. The second-order valence-corrected chi connectivity index (χ2v) is 9.25. The minimum atomic E-state index is -0.404. The van der Waals surface area contributed by atoms with E-state index in [1.54, 1.807) is 6.20 Å². The van der Waals surface area contributed by atoms with Crippen LogP contribution in [0.5, 0.6) is 0 Å². The number of aryl methyl sites for hydroxylation is 4. The Balaban J connectivity index is 1.83. The zero-order valence-corrected chi connectivity index (χ0v) is 21.3. The van der Waals surface area contributed by atoms with Crippen LogP contribution in [0.1, 0.15) is 43.0 Å². The van der Waals surface area contributed by atoms with Crippen molar-refractivity contribution in [3.8, 4) is 11.4 Å². The molecule has 5 aromatic rings. The molecule has 0 fully saturated rings. The molecule has 0 aliphatic rings. The van der Waals surface area contributed by atoms with Crippen LogP contribution in [0.15, 0.2) is 91.1 Å². The van der Waals surface area contributed by atoms with Gasteiger partial charge in [0.15, 0.2) is 5.82 Å². The smallest absolute Gasteiger partial charge is 0.267 e. The molecule has 0 radical (unpaired) electrons. The zero-order valence-electron chi connectivity index (χ0n) is 21.3. The summed E-state index contributed by atoms with van der Waals surface area (Å²) in [5.41, 5.74) is 5.44. The van der Waals surface area contributed by atoms with Gasteiger partial charge in [-0.3, -0.25) is 14.6 Å². The van der Waals surface area contributed by atoms with Crippen molar-refractivity contribution in [2.24, 2.45) is 0 Å². The topological polar surface area (TPSA) is 63.2 Å². The number of anilines is 1. The van der Waals surface area contributed by atoms with Crippen molar-refractivity contribution in [1.82, 2.24) is 9.97 Å². The Bertz CT molecular complexity index is 1550. The minimum absolute atomic E-state index is 0.291. The molecule has 182 valence electrons. The number of hydrogen-bond acceptors (Lipinski definition) is 4. The van der Waals surface area contributed by atoms with Gasteiger partial charge in [-0.2, -0.15) is 0 Å². The van der Waals surface area contributed by atoms with Gasteiger partial charge in [0.05, 0.1) is 11.4 Å². The summed E-state index contributed by atoms with van der Waals surface area (Å²) in [6, 6.07) is 26.6. The Hall–Kier alpha value is -4.64. The molecule has 2 amide bonds. The van der Waals surface area contributed by atoms with Crippen molar-refractivity contribution < 1.29 is 9.59 Å². The van der Waals surface area contributed by atoms with Gasteiger partial charge >= 0.3 is 0 Å². The van der Waals surface area contributed by atoms with E-state index in [1.165, 1.54) is 4.90 Å². The third kappa shape index (κ3) is 4.40. The lowest BCUT2D eigenvalue weighted by molar-refractivity contribution is 0.0896. The monoisotopic (exact) mass is 485 g/mol. The minimum Gasteiger partial charge on any atom is -0.268 e. The average molecular weight is 486 g/mol. The highest BCUT2D eigenvalue weighted by Gasteiger charge is 2.32. The van der Waals surface area contributed by atoms with Crippen molar-refractivity contribution in [2.45, 2.75) is 27.7 Å². The molecule has 0 unspecified atom stereocenters. The summed E-state index contributed by atoms with van der Waals surface area (Å²) in [6.45, 7) is 7.55. The normalized spacial score (nSPS) is 10.9. The maximum absolute atomic E-state index is 14.4. The van der Waals surface area contributed by atoms with Crippen LogP contribution in [0, 0.1) is 27.7 Å². The molecule has 37 heavy (non-hydrogen) atoms. The van der Waals surface area contributed by atoms with Gasteiger partial charge in [0.25, 0.3) is 11.8 Å². The quantitative estimate of drug-likeness (QED) is 0.257. The highest BCUT2D eigenvalue weighted by molar-refractivity contribution is 6.28. The van der Waals surface area contributed by atoms with Crippen molar-refractivity contribution in [3.05, 3.63) is 125 Å². The molecule has 2 heterocycles. The van der Waals surface area contributed by atoms with E-state index in [2.05, 4.69) is 4.98 Å². The van der Waals surface area contributed by atoms with E-state index in [0.717, 1.165) is 27.6 Å². The number of amides is 2. The van der Waals surface area contributed by atoms with Gasteiger partial charge in [0, 0.05) is 22.7 Å². The Kier molecular flexibility index (Phi) is 6.36. The van der Waals surface area contributed by atoms with E-state index in [-0.39, 0.29) is 0 Å². The molecule has 3 aromatic carbocycles. The highest BCUT2D eigenvalue weighted by Crippen LogP contribution is 2.33. The molecular weight excluding hydrogens is 458 g/mol. The summed E-state index contributed by atoms with van der Waals surface area (Å²) in [6.07, 6.45) is 1.70. The third-order valence-electron chi connectivity index (χ3n) is 6.66. The van der Waals surface area contributed by atoms with Gasteiger partial charge in [-0.1, -0.05) is 66.7 Å². The summed E-state index contributed by atoms with van der Waals surface area (Å²) in [4.78, 5) is 39.4. The first-order valence-electron chi connectivity index (χ1n) is 12.2. The number of pyridine rings is 2. The molecule has 0 saturated heterocycles. The molecular formula is C32H27N3O2. The Morgan fingerprint density at radius 2 is 1.16 bits per heavy atom. The number of nitrogens with zero attached hydrogens (tertiary/aromatic N) is 3. The number of hydrogen-bond donors (Lipinski definition) is 0. The molecule has 0 bridgehead atoms. The number of carbonyl (C=O) groups excluding carboxylic acids is 2. The largest absolute Gasteiger partial charge is 0.268 e. The van der Waals surface area contributed by atoms with Crippen LogP contribution in [0.25, 0.3) is 22.2 Å². The number of imide groups is 1. The maximum atomic E-state index is 14.4. The molecule has 2 aromatic heterocycles. The van der Waals surface area contributed by atoms with Crippen LogP contribution < -0.4 is 4.90 Å². The van der Waals surface area contributed by atoms with Crippen LogP contribution in [0.4, 0.5) is 5.82 Å². The van der Waals surface area contributed by atoms with E-state index in [0.29, 0.717) is 33.7 Å². The molecule has 5 heteroatoms. The van der Waals surface area contributed by atoms with Gasteiger partial charge < -0.3 is 0 Å². The van der Waals surface area contributed by atoms with E-state index in [4.69, 9.17) is 4.98 Å². The highest BCUT2D eigenvalue weighted by atomic mass is 16.2. The fourth-order valence-corrected chi connectivity index (χ4v) is 4.81. The van der Waals surface area contributed by atoms with E-state index in [9.17, 15) is 9.59 Å². The predicted octanol–water partition coefficient (Wildman–Crippen LogP) is 7.02. The van der Waals surface area contributed by atoms with E-state index in [1.807, 2.05) is 113 Å². The second kappa shape index (κ2) is 9.78. The van der Waals surface area contributed by atoms with Crippen molar-refractivity contribution in [2.75, 3.05) is 4.90 Å². The molecule has 5 nitrogen and oxygen atoms in total. The van der Waals surface area contributed by atoms with Gasteiger partial charge in [-0.05, 0) is 73.5 Å². The summed E-state index contributed by atoms with van der Waals surface area (Å²) >= 11 is 0.